The van der Waals surface area contributed by atoms with Gasteiger partial charge in [0.1, 0.15) is 11.5 Å². The predicted molar refractivity (Wildman–Crippen MR) is 71.1 cm³/mol. The molecular weight excluding hydrogens is 228 g/mol. The summed E-state index contributed by atoms with van der Waals surface area (Å²) in [6.45, 7) is 2.18. The standard InChI is InChI=1S/C15H22O3/c1-4-11-7-8-15(16,10-11)13-9-12(17-2)5-6-14(13)18-3/h5-6,9,11,16H,4,7-8,10H2,1-3H3. The summed E-state index contributed by atoms with van der Waals surface area (Å²) in [5.74, 6) is 2.11. The van der Waals surface area contributed by atoms with Crippen molar-refractivity contribution in [2.45, 2.75) is 38.2 Å². The molecule has 0 heterocycles. The second kappa shape index (κ2) is 5.19. The Morgan fingerprint density at radius 2 is 2.11 bits per heavy atom. The van der Waals surface area contributed by atoms with E-state index in [4.69, 9.17) is 9.47 Å². The van der Waals surface area contributed by atoms with Crippen LogP contribution in [0.3, 0.4) is 0 Å². The van der Waals surface area contributed by atoms with E-state index in [0.717, 1.165) is 42.7 Å². The van der Waals surface area contributed by atoms with Gasteiger partial charge in [-0.25, -0.2) is 0 Å². The van der Waals surface area contributed by atoms with Crippen LogP contribution in [-0.2, 0) is 5.60 Å². The van der Waals surface area contributed by atoms with Crippen molar-refractivity contribution in [1.82, 2.24) is 0 Å². The molecule has 2 unspecified atom stereocenters. The lowest BCUT2D eigenvalue weighted by molar-refractivity contribution is 0.0371. The van der Waals surface area contributed by atoms with Gasteiger partial charge < -0.3 is 14.6 Å². The fraction of sp³-hybridized carbons (Fsp3) is 0.600. The fourth-order valence-corrected chi connectivity index (χ4v) is 2.90. The predicted octanol–water partition coefficient (Wildman–Crippen LogP) is 3.10. The number of methoxy groups -OCH3 is 2. The van der Waals surface area contributed by atoms with Crippen LogP contribution in [-0.4, -0.2) is 19.3 Å². The van der Waals surface area contributed by atoms with Crippen LogP contribution in [0.25, 0.3) is 0 Å². The molecule has 0 amide bonds. The first-order valence-corrected chi connectivity index (χ1v) is 6.58. The Balaban J connectivity index is 2.36. The third kappa shape index (κ3) is 2.32. The lowest BCUT2D eigenvalue weighted by Crippen LogP contribution is -2.22. The molecule has 0 spiro atoms. The average Bonchev–Trinajstić information content (AvgIpc) is 2.81. The van der Waals surface area contributed by atoms with Gasteiger partial charge >= 0.3 is 0 Å². The second-order valence-electron chi connectivity index (χ2n) is 5.11. The molecule has 1 N–H and O–H groups in total. The van der Waals surface area contributed by atoms with E-state index in [0.29, 0.717) is 5.92 Å². The highest BCUT2D eigenvalue weighted by molar-refractivity contribution is 5.44. The molecule has 3 nitrogen and oxygen atoms in total. The van der Waals surface area contributed by atoms with Gasteiger partial charge in [0.15, 0.2) is 0 Å². The van der Waals surface area contributed by atoms with Crippen LogP contribution in [0.15, 0.2) is 18.2 Å². The molecule has 1 aromatic carbocycles. The third-order valence-electron chi connectivity index (χ3n) is 4.08. The zero-order valence-electron chi connectivity index (χ0n) is 11.4. The smallest absolute Gasteiger partial charge is 0.125 e. The van der Waals surface area contributed by atoms with E-state index in [9.17, 15) is 5.11 Å². The van der Waals surface area contributed by atoms with Crippen LogP contribution in [0.4, 0.5) is 0 Å². The van der Waals surface area contributed by atoms with E-state index >= 15 is 0 Å². The molecule has 3 heteroatoms. The molecule has 2 rings (SSSR count). The highest BCUT2D eigenvalue weighted by Gasteiger charge is 2.40. The third-order valence-corrected chi connectivity index (χ3v) is 4.08. The fourth-order valence-electron chi connectivity index (χ4n) is 2.90. The maximum atomic E-state index is 10.9. The Bertz CT molecular complexity index is 416. The van der Waals surface area contributed by atoms with Gasteiger partial charge in [0, 0.05) is 5.56 Å². The Morgan fingerprint density at radius 1 is 1.33 bits per heavy atom. The van der Waals surface area contributed by atoms with Gasteiger partial charge in [-0.05, 0) is 43.4 Å². The van der Waals surface area contributed by atoms with Crippen LogP contribution in [0.5, 0.6) is 11.5 Å². The molecule has 2 atom stereocenters. The van der Waals surface area contributed by atoms with Crippen molar-refractivity contribution in [3.63, 3.8) is 0 Å². The zero-order chi connectivity index (χ0) is 13.2. The highest BCUT2D eigenvalue weighted by atomic mass is 16.5. The highest BCUT2D eigenvalue weighted by Crippen LogP contribution is 2.47. The molecule has 0 aliphatic heterocycles. The second-order valence-corrected chi connectivity index (χ2v) is 5.11. The van der Waals surface area contributed by atoms with Crippen molar-refractivity contribution in [2.75, 3.05) is 14.2 Å². The topological polar surface area (TPSA) is 38.7 Å². The SMILES string of the molecule is CCC1CCC(O)(c2cc(OC)ccc2OC)C1. The summed E-state index contributed by atoms with van der Waals surface area (Å²) in [5.41, 5.74) is 0.0981. The van der Waals surface area contributed by atoms with Gasteiger partial charge in [-0.1, -0.05) is 13.3 Å². The van der Waals surface area contributed by atoms with Gasteiger partial charge in [0.25, 0.3) is 0 Å². The summed E-state index contributed by atoms with van der Waals surface area (Å²) in [6.07, 6.45) is 3.81. The van der Waals surface area contributed by atoms with E-state index in [-0.39, 0.29) is 0 Å². The summed E-state index contributed by atoms with van der Waals surface area (Å²) >= 11 is 0. The van der Waals surface area contributed by atoms with Gasteiger partial charge in [0.05, 0.1) is 19.8 Å². The lowest BCUT2D eigenvalue weighted by Gasteiger charge is -2.26. The molecule has 1 aromatic rings. The quantitative estimate of drug-likeness (QED) is 0.892. The molecule has 0 radical (unpaired) electrons. The average molecular weight is 250 g/mol. The first-order chi connectivity index (χ1) is 8.62. The Morgan fingerprint density at radius 3 is 2.67 bits per heavy atom. The molecule has 1 fully saturated rings. The van der Waals surface area contributed by atoms with E-state index in [1.807, 2.05) is 18.2 Å². The van der Waals surface area contributed by atoms with Crippen LogP contribution in [0.1, 0.15) is 38.2 Å². The Kier molecular flexibility index (Phi) is 3.81. The first-order valence-electron chi connectivity index (χ1n) is 6.58. The molecule has 0 bridgehead atoms. The van der Waals surface area contributed by atoms with E-state index < -0.39 is 5.60 Å². The van der Waals surface area contributed by atoms with Gasteiger partial charge in [0.2, 0.25) is 0 Å². The summed E-state index contributed by atoms with van der Waals surface area (Å²) in [5, 5.41) is 10.9. The van der Waals surface area contributed by atoms with Crippen molar-refractivity contribution in [1.29, 1.82) is 0 Å². The first kappa shape index (κ1) is 13.2. The largest absolute Gasteiger partial charge is 0.497 e. The van der Waals surface area contributed by atoms with Crippen molar-refractivity contribution < 1.29 is 14.6 Å². The maximum absolute atomic E-state index is 10.9. The molecule has 1 saturated carbocycles. The Labute approximate surface area is 109 Å². The monoisotopic (exact) mass is 250 g/mol. The van der Waals surface area contributed by atoms with Gasteiger partial charge in [-0.2, -0.15) is 0 Å². The van der Waals surface area contributed by atoms with Crippen molar-refractivity contribution in [3.05, 3.63) is 23.8 Å². The molecule has 18 heavy (non-hydrogen) atoms. The lowest BCUT2D eigenvalue weighted by atomic mass is 9.89. The molecule has 0 saturated heterocycles. The minimum atomic E-state index is -0.763. The van der Waals surface area contributed by atoms with Crippen LogP contribution in [0.2, 0.25) is 0 Å². The zero-order valence-corrected chi connectivity index (χ0v) is 11.4. The van der Waals surface area contributed by atoms with Crippen molar-refractivity contribution in [3.8, 4) is 11.5 Å². The van der Waals surface area contributed by atoms with E-state index in [1.54, 1.807) is 14.2 Å². The van der Waals surface area contributed by atoms with E-state index in [2.05, 4.69) is 6.92 Å². The Hall–Kier alpha value is -1.22. The molecule has 0 aromatic heterocycles. The summed E-state index contributed by atoms with van der Waals surface area (Å²) < 4.78 is 10.6. The molecular formula is C15H22O3. The number of ether oxygens (including phenoxy) is 2. The van der Waals surface area contributed by atoms with Crippen LogP contribution in [0, 0.1) is 5.92 Å². The minimum Gasteiger partial charge on any atom is -0.497 e. The number of hydrogen-bond donors (Lipinski definition) is 1. The van der Waals surface area contributed by atoms with Crippen LogP contribution < -0.4 is 9.47 Å². The molecule has 100 valence electrons. The molecule has 1 aliphatic carbocycles. The normalized spacial score (nSPS) is 27.2. The van der Waals surface area contributed by atoms with Crippen LogP contribution >= 0.6 is 0 Å². The van der Waals surface area contributed by atoms with Crippen molar-refractivity contribution >= 4 is 0 Å². The van der Waals surface area contributed by atoms with Gasteiger partial charge in [-0.3, -0.25) is 0 Å². The summed E-state index contributed by atoms with van der Waals surface area (Å²) in [7, 11) is 3.28. The molecule has 1 aliphatic rings. The number of benzene rings is 1. The number of aliphatic hydroxyl groups is 1. The summed E-state index contributed by atoms with van der Waals surface area (Å²) in [4.78, 5) is 0. The minimum absolute atomic E-state index is 0.603. The van der Waals surface area contributed by atoms with E-state index in [1.165, 1.54) is 0 Å². The maximum Gasteiger partial charge on any atom is 0.125 e. The van der Waals surface area contributed by atoms with Crippen molar-refractivity contribution in [2.24, 2.45) is 5.92 Å². The summed E-state index contributed by atoms with van der Waals surface area (Å²) in [6, 6.07) is 5.63. The number of rotatable bonds is 4. The number of hydrogen-bond acceptors (Lipinski definition) is 3. The van der Waals surface area contributed by atoms with Gasteiger partial charge in [-0.15, -0.1) is 0 Å².